The van der Waals surface area contributed by atoms with Gasteiger partial charge in [-0.1, -0.05) is 24.3 Å². The molecule has 1 saturated heterocycles. The number of hydrogen-bond acceptors (Lipinski definition) is 5. The number of amides is 2. The van der Waals surface area contributed by atoms with Gasteiger partial charge in [-0.15, -0.1) is 11.8 Å². The fourth-order valence-electron chi connectivity index (χ4n) is 3.45. The molecule has 31 heavy (non-hydrogen) atoms. The Balaban J connectivity index is 1.58. The molecule has 1 aliphatic heterocycles. The Morgan fingerprint density at radius 1 is 0.968 bits per heavy atom. The van der Waals surface area contributed by atoms with Gasteiger partial charge in [0, 0.05) is 23.0 Å². The van der Waals surface area contributed by atoms with Crippen LogP contribution >= 0.6 is 11.8 Å². The number of carbonyl (C=O) groups is 2. The molecule has 1 heterocycles. The van der Waals surface area contributed by atoms with E-state index in [1.54, 1.807) is 55.1 Å². The van der Waals surface area contributed by atoms with Crippen molar-refractivity contribution in [2.24, 2.45) is 0 Å². The second-order valence-electron chi connectivity index (χ2n) is 6.94. The minimum atomic E-state index is -0.226. The van der Waals surface area contributed by atoms with Crippen molar-refractivity contribution in [2.45, 2.75) is 5.37 Å². The smallest absolute Gasteiger partial charge is 0.255 e. The molecule has 6 nitrogen and oxygen atoms in total. The van der Waals surface area contributed by atoms with Crippen LogP contribution in [-0.4, -0.2) is 31.8 Å². The van der Waals surface area contributed by atoms with Crippen molar-refractivity contribution in [3.63, 3.8) is 0 Å². The predicted molar refractivity (Wildman–Crippen MR) is 123 cm³/mol. The lowest BCUT2D eigenvalue weighted by atomic mass is 10.1. The zero-order valence-electron chi connectivity index (χ0n) is 17.2. The molecular formula is C24H22N2O4S. The largest absolute Gasteiger partial charge is 0.497 e. The predicted octanol–water partition coefficient (Wildman–Crippen LogP) is 4.73. The van der Waals surface area contributed by atoms with E-state index in [1.165, 1.54) is 0 Å². The van der Waals surface area contributed by atoms with Gasteiger partial charge in [-0.2, -0.15) is 0 Å². The van der Waals surface area contributed by atoms with E-state index in [1.807, 2.05) is 48.5 Å². The number of hydrogen-bond donors (Lipinski definition) is 1. The van der Waals surface area contributed by atoms with Crippen LogP contribution in [0.3, 0.4) is 0 Å². The fourth-order valence-corrected chi connectivity index (χ4v) is 4.61. The molecule has 0 radical (unpaired) electrons. The van der Waals surface area contributed by atoms with Crippen LogP contribution in [0.25, 0.3) is 0 Å². The van der Waals surface area contributed by atoms with Gasteiger partial charge < -0.3 is 14.8 Å². The fraction of sp³-hybridized carbons (Fsp3) is 0.167. The molecule has 4 rings (SSSR count). The van der Waals surface area contributed by atoms with Crippen LogP contribution in [0.2, 0.25) is 0 Å². The average molecular weight is 435 g/mol. The van der Waals surface area contributed by atoms with E-state index in [0.717, 1.165) is 11.3 Å². The Kier molecular flexibility index (Phi) is 6.13. The molecule has 1 N–H and O–H groups in total. The minimum Gasteiger partial charge on any atom is -0.497 e. The summed E-state index contributed by atoms with van der Waals surface area (Å²) in [5, 5.41) is 2.74. The molecule has 7 heteroatoms. The second kappa shape index (κ2) is 9.14. The van der Waals surface area contributed by atoms with Crippen molar-refractivity contribution < 1.29 is 19.1 Å². The van der Waals surface area contributed by atoms with E-state index >= 15 is 0 Å². The summed E-state index contributed by atoms with van der Waals surface area (Å²) in [6.07, 6.45) is 0. The van der Waals surface area contributed by atoms with Crippen molar-refractivity contribution in [3.05, 3.63) is 83.9 Å². The van der Waals surface area contributed by atoms with Gasteiger partial charge in [0.25, 0.3) is 5.91 Å². The van der Waals surface area contributed by atoms with Crippen LogP contribution in [0.15, 0.2) is 72.8 Å². The number of nitrogens with zero attached hydrogens (tertiary/aromatic N) is 1. The highest BCUT2D eigenvalue weighted by Crippen LogP contribution is 2.42. The van der Waals surface area contributed by atoms with E-state index in [-0.39, 0.29) is 17.2 Å². The molecule has 2 amide bonds. The third-order valence-electron chi connectivity index (χ3n) is 4.96. The Hall–Kier alpha value is -3.45. The zero-order valence-corrected chi connectivity index (χ0v) is 18.0. The maximum Gasteiger partial charge on any atom is 0.255 e. The summed E-state index contributed by atoms with van der Waals surface area (Å²) in [6.45, 7) is 0. The Bertz CT molecular complexity index is 1120. The van der Waals surface area contributed by atoms with Crippen molar-refractivity contribution in [1.29, 1.82) is 0 Å². The van der Waals surface area contributed by atoms with E-state index in [0.29, 0.717) is 28.5 Å². The summed E-state index contributed by atoms with van der Waals surface area (Å²) in [7, 11) is 3.17. The maximum atomic E-state index is 12.7. The summed E-state index contributed by atoms with van der Waals surface area (Å²) in [5.74, 6) is 1.52. The molecule has 1 atom stereocenters. The molecule has 3 aromatic rings. The standard InChI is InChI=1S/C24H22N2O4S/c1-29-20-10-4-6-16(13-20)23(28)25-18-8-3-7-17(12-18)24-26(22(27)15-31-24)19-9-5-11-21(14-19)30-2/h3-14,24H,15H2,1-2H3,(H,25,28)/t24-/m0/s1. The number of thioether (sulfide) groups is 1. The van der Waals surface area contributed by atoms with Crippen LogP contribution in [0.4, 0.5) is 11.4 Å². The number of anilines is 2. The molecule has 0 aromatic heterocycles. The molecule has 1 aliphatic rings. The lowest BCUT2D eigenvalue weighted by Crippen LogP contribution is -2.27. The molecule has 0 bridgehead atoms. The topological polar surface area (TPSA) is 67.9 Å². The number of methoxy groups -OCH3 is 2. The highest BCUT2D eigenvalue weighted by atomic mass is 32.2. The molecule has 3 aromatic carbocycles. The Morgan fingerprint density at radius 3 is 2.45 bits per heavy atom. The molecular weight excluding hydrogens is 412 g/mol. The summed E-state index contributed by atoms with van der Waals surface area (Å²) in [5.41, 5.74) is 2.89. The van der Waals surface area contributed by atoms with Crippen LogP contribution in [-0.2, 0) is 4.79 Å². The van der Waals surface area contributed by atoms with Gasteiger partial charge in [-0.25, -0.2) is 0 Å². The minimum absolute atomic E-state index is 0.0362. The van der Waals surface area contributed by atoms with Crippen LogP contribution in [0, 0.1) is 0 Å². The molecule has 0 spiro atoms. The van der Waals surface area contributed by atoms with Gasteiger partial charge in [-0.05, 0) is 48.0 Å². The van der Waals surface area contributed by atoms with E-state index < -0.39 is 0 Å². The second-order valence-corrected chi connectivity index (χ2v) is 8.01. The first-order chi connectivity index (χ1) is 15.1. The molecule has 158 valence electrons. The molecule has 0 saturated carbocycles. The lowest BCUT2D eigenvalue weighted by Gasteiger charge is -2.25. The van der Waals surface area contributed by atoms with Gasteiger partial charge in [0.05, 0.1) is 20.0 Å². The van der Waals surface area contributed by atoms with Gasteiger partial charge in [0.1, 0.15) is 16.9 Å². The van der Waals surface area contributed by atoms with Crippen LogP contribution < -0.4 is 19.7 Å². The van der Waals surface area contributed by atoms with E-state index in [9.17, 15) is 9.59 Å². The van der Waals surface area contributed by atoms with Gasteiger partial charge in [-0.3, -0.25) is 14.5 Å². The quantitative estimate of drug-likeness (QED) is 0.607. The van der Waals surface area contributed by atoms with E-state index in [2.05, 4.69) is 5.32 Å². The van der Waals surface area contributed by atoms with Crippen LogP contribution in [0.1, 0.15) is 21.3 Å². The van der Waals surface area contributed by atoms with Gasteiger partial charge in [0.2, 0.25) is 5.91 Å². The SMILES string of the molecule is COc1cccc(C(=O)Nc2cccc([C@@H]3SCC(=O)N3c3cccc(OC)c3)c2)c1. The lowest BCUT2D eigenvalue weighted by molar-refractivity contribution is -0.115. The molecule has 0 unspecified atom stereocenters. The first kappa shape index (κ1) is 20.8. The summed E-state index contributed by atoms with van der Waals surface area (Å²) < 4.78 is 10.5. The highest BCUT2D eigenvalue weighted by molar-refractivity contribution is 8.00. The van der Waals surface area contributed by atoms with Gasteiger partial charge >= 0.3 is 0 Å². The Labute approximate surface area is 185 Å². The first-order valence-corrected chi connectivity index (χ1v) is 10.8. The van der Waals surface area contributed by atoms with Gasteiger partial charge in [0.15, 0.2) is 0 Å². The summed E-state index contributed by atoms with van der Waals surface area (Å²) >= 11 is 1.56. The number of rotatable bonds is 6. The first-order valence-electron chi connectivity index (χ1n) is 9.72. The monoisotopic (exact) mass is 434 g/mol. The zero-order chi connectivity index (χ0) is 21.8. The summed E-state index contributed by atoms with van der Waals surface area (Å²) in [4.78, 5) is 27.1. The van der Waals surface area contributed by atoms with Crippen LogP contribution in [0.5, 0.6) is 11.5 Å². The molecule has 1 fully saturated rings. The normalized spacial score (nSPS) is 15.6. The number of carbonyl (C=O) groups excluding carboxylic acids is 2. The number of nitrogens with one attached hydrogen (secondary N) is 1. The average Bonchev–Trinajstić information content (AvgIpc) is 3.20. The maximum absolute atomic E-state index is 12.7. The number of benzene rings is 3. The Morgan fingerprint density at radius 2 is 1.68 bits per heavy atom. The summed E-state index contributed by atoms with van der Waals surface area (Å²) in [6, 6.07) is 22.0. The van der Waals surface area contributed by atoms with E-state index in [4.69, 9.17) is 9.47 Å². The van der Waals surface area contributed by atoms with Crippen molar-refractivity contribution in [2.75, 3.05) is 30.2 Å². The molecule has 0 aliphatic carbocycles. The van der Waals surface area contributed by atoms with Crippen molar-refractivity contribution in [3.8, 4) is 11.5 Å². The highest BCUT2D eigenvalue weighted by Gasteiger charge is 2.34. The van der Waals surface area contributed by atoms with Crippen molar-refractivity contribution in [1.82, 2.24) is 0 Å². The third kappa shape index (κ3) is 4.51. The number of ether oxygens (including phenoxy) is 2. The third-order valence-corrected chi connectivity index (χ3v) is 6.17. The van der Waals surface area contributed by atoms with Crippen molar-refractivity contribution >= 4 is 35.0 Å².